The predicted octanol–water partition coefficient (Wildman–Crippen LogP) is 3.65. The Hall–Kier alpha value is -3.08. The van der Waals surface area contributed by atoms with E-state index in [0.29, 0.717) is 22.8 Å². The van der Waals surface area contributed by atoms with Crippen molar-refractivity contribution in [2.45, 2.75) is 13.3 Å². The molecule has 0 spiro atoms. The molecule has 5 nitrogen and oxygen atoms in total. The van der Waals surface area contributed by atoms with Crippen molar-refractivity contribution in [1.82, 2.24) is 9.78 Å². The smallest absolute Gasteiger partial charge is 0.284 e. The zero-order valence-electron chi connectivity index (χ0n) is 13.4. The number of fused-ring (bicyclic) bond motifs is 2. The lowest BCUT2D eigenvalue weighted by molar-refractivity contribution is 0.414. The van der Waals surface area contributed by atoms with Gasteiger partial charge in [0.15, 0.2) is 0 Å². The van der Waals surface area contributed by atoms with Crippen molar-refractivity contribution in [3.8, 4) is 22.9 Å². The maximum absolute atomic E-state index is 12.7. The Kier molecular flexibility index (Phi) is 3.34. The minimum Gasteiger partial charge on any atom is -0.497 e. The summed E-state index contributed by atoms with van der Waals surface area (Å²) in [6.45, 7) is 2.09. The van der Waals surface area contributed by atoms with Gasteiger partial charge in [-0.3, -0.25) is 4.79 Å². The normalized spacial score (nSPS) is 11.2. The van der Waals surface area contributed by atoms with E-state index in [4.69, 9.17) is 9.15 Å². The van der Waals surface area contributed by atoms with Gasteiger partial charge in [-0.1, -0.05) is 19.1 Å². The maximum Gasteiger partial charge on any atom is 0.284 e. The lowest BCUT2D eigenvalue weighted by Crippen LogP contribution is -2.14. The van der Waals surface area contributed by atoms with E-state index in [9.17, 15) is 4.79 Å². The Labute approximate surface area is 138 Å². The van der Waals surface area contributed by atoms with Crippen LogP contribution in [0, 0.1) is 0 Å². The summed E-state index contributed by atoms with van der Waals surface area (Å²) in [5.41, 5.74) is 2.85. The lowest BCUT2D eigenvalue weighted by Gasteiger charge is -2.03. The van der Waals surface area contributed by atoms with E-state index in [2.05, 4.69) is 12.0 Å². The number of benzene rings is 2. The Morgan fingerprint density at radius 1 is 1.12 bits per heavy atom. The van der Waals surface area contributed by atoms with Crippen LogP contribution in [0.15, 0.2) is 57.7 Å². The van der Waals surface area contributed by atoms with Gasteiger partial charge in [0.1, 0.15) is 16.9 Å². The first-order valence-electron chi connectivity index (χ1n) is 7.79. The molecule has 0 aromatic heterocycles. The summed E-state index contributed by atoms with van der Waals surface area (Å²) in [6.07, 6.45) is 0.953. The summed E-state index contributed by atoms with van der Waals surface area (Å²) in [5.74, 6) is 1.02. The van der Waals surface area contributed by atoms with Crippen molar-refractivity contribution in [2.75, 3.05) is 7.11 Å². The third-order valence-corrected chi connectivity index (χ3v) is 4.16. The fourth-order valence-electron chi connectivity index (χ4n) is 2.75. The van der Waals surface area contributed by atoms with Crippen molar-refractivity contribution >= 4 is 11.0 Å². The monoisotopic (exact) mass is 320 g/mol. The van der Waals surface area contributed by atoms with Gasteiger partial charge in [-0.2, -0.15) is 4.68 Å². The quantitative estimate of drug-likeness (QED) is 0.578. The van der Waals surface area contributed by atoms with Gasteiger partial charge in [-0.15, -0.1) is 5.10 Å². The van der Waals surface area contributed by atoms with Gasteiger partial charge in [0, 0.05) is 11.5 Å². The van der Waals surface area contributed by atoms with Crippen molar-refractivity contribution in [1.29, 1.82) is 0 Å². The van der Waals surface area contributed by atoms with Gasteiger partial charge in [0.25, 0.3) is 5.56 Å². The number of hydrogen-bond donors (Lipinski definition) is 0. The van der Waals surface area contributed by atoms with Gasteiger partial charge in [-0.05, 0) is 42.3 Å². The molecular formula is C19H16N2O3. The Balaban J connectivity index is 1.91. The molecule has 120 valence electrons. The standard InChI is InChI=1S/C19H16N2O3/c1-3-12-4-7-14(8-5-12)21-19(22)16-10-13-6-9-15(23-2)11-17(13)24-18(16)20-21/h4-11H,3H2,1-2H3. The van der Waals surface area contributed by atoms with Crippen molar-refractivity contribution in [3.05, 3.63) is 64.4 Å². The number of hydrogen-bond acceptors (Lipinski definition) is 4. The molecule has 0 bridgehead atoms. The molecule has 2 heterocycles. The van der Waals surface area contributed by atoms with Crippen LogP contribution in [0.25, 0.3) is 28.1 Å². The van der Waals surface area contributed by atoms with Crippen LogP contribution in [0.4, 0.5) is 0 Å². The molecular weight excluding hydrogens is 304 g/mol. The van der Waals surface area contributed by atoms with Crippen LogP contribution >= 0.6 is 0 Å². The second kappa shape index (κ2) is 5.53. The van der Waals surface area contributed by atoms with Crippen molar-refractivity contribution < 1.29 is 9.15 Å². The third-order valence-electron chi connectivity index (χ3n) is 4.16. The predicted molar refractivity (Wildman–Crippen MR) is 92.2 cm³/mol. The second-order valence-electron chi connectivity index (χ2n) is 5.61. The van der Waals surface area contributed by atoms with Crippen LogP contribution in [0.3, 0.4) is 0 Å². The number of methoxy groups -OCH3 is 1. The Morgan fingerprint density at radius 3 is 2.62 bits per heavy atom. The molecule has 4 rings (SSSR count). The first kappa shape index (κ1) is 14.5. The third kappa shape index (κ3) is 2.25. The number of aromatic nitrogens is 2. The highest BCUT2D eigenvalue weighted by molar-refractivity contribution is 5.83. The summed E-state index contributed by atoms with van der Waals surface area (Å²) in [5, 5.41) is 5.17. The second-order valence-corrected chi connectivity index (χ2v) is 5.61. The fourth-order valence-corrected chi connectivity index (χ4v) is 2.75. The largest absolute Gasteiger partial charge is 0.497 e. The van der Waals surface area contributed by atoms with E-state index >= 15 is 0 Å². The minimum absolute atomic E-state index is 0.185. The van der Waals surface area contributed by atoms with Crippen molar-refractivity contribution in [3.63, 3.8) is 0 Å². The molecule has 0 saturated carbocycles. The molecule has 2 aromatic carbocycles. The van der Waals surface area contributed by atoms with Crippen LogP contribution in [0.5, 0.6) is 5.75 Å². The van der Waals surface area contributed by atoms with Gasteiger partial charge >= 0.3 is 0 Å². The first-order valence-corrected chi connectivity index (χ1v) is 7.79. The van der Waals surface area contributed by atoms with Crippen LogP contribution in [-0.2, 0) is 6.42 Å². The van der Waals surface area contributed by atoms with Crippen LogP contribution in [-0.4, -0.2) is 16.9 Å². The summed E-state index contributed by atoms with van der Waals surface area (Å²) in [6, 6.07) is 15.1. The van der Waals surface area contributed by atoms with E-state index in [-0.39, 0.29) is 5.56 Å². The minimum atomic E-state index is -0.185. The number of nitrogens with zero attached hydrogens (tertiary/aromatic N) is 2. The molecule has 0 radical (unpaired) electrons. The lowest BCUT2D eigenvalue weighted by atomic mass is 10.1. The summed E-state index contributed by atoms with van der Waals surface area (Å²) >= 11 is 0. The SMILES string of the molecule is CCc1ccc(-n2nc3oc4cc(OC)ccc4cc-3c2=O)cc1. The number of aryl methyl sites for hydroxylation is 1. The Bertz CT molecular complexity index is 1040. The van der Waals surface area contributed by atoms with Gasteiger partial charge in [0.05, 0.1) is 12.8 Å². The van der Waals surface area contributed by atoms with Gasteiger partial charge in [0.2, 0.25) is 5.89 Å². The number of rotatable bonds is 3. The first-order chi connectivity index (χ1) is 11.7. The summed E-state index contributed by atoms with van der Waals surface area (Å²) in [4.78, 5) is 12.7. The van der Waals surface area contributed by atoms with E-state index in [1.54, 1.807) is 19.2 Å². The molecule has 2 aliphatic rings. The molecule has 5 heteroatoms. The highest BCUT2D eigenvalue weighted by atomic mass is 16.5. The Morgan fingerprint density at radius 2 is 1.92 bits per heavy atom. The molecule has 0 atom stereocenters. The van der Waals surface area contributed by atoms with E-state index in [1.807, 2.05) is 36.4 Å². The van der Waals surface area contributed by atoms with Crippen LogP contribution in [0.2, 0.25) is 0 Å². The average Bonchev–Trinajstić information content (AvgIpc) is 2.95. The molecule has 0 N–H and O–H groups in total. The van der Waals surface area contributed by atoms with E-state index < -0.39 is 0 Å². The molecule has 0 aliphatic carbocycles. The summed E-state index contributed by atoms with van der Waals surface area (Å²) < 4.78 is 12.4. The fraction of sp³-hybridized carbons (Fsp3) is 0.158. The van der Waals surface area contributed by atoms with E-state index in [0.717, 1.165) is 17.5 Å². The molecule has 2 aromatic rings. The molecule has 0 saturated heterocycles. The molecule has 0 fully saturated rings. The maximum atomic E-state index is 12.7. The van der Waals surface area contributed by atoms with Gasteiger partial charge in [-0.25, -0.2) is 0 Å². The van der Waals surface area contributed by atoms with Crippen LogP contribution in [0.1, 0.15) is 12.5 Å². The van der Waals surface area contributed by atoms with Crippen molar-refractivity contribution in [2.24, 2.45) is 0 Å². The summed E-state index contributed by atoms with van der Waals surface area (Å²) in [7, 11) is 1.60. The van der Waals surface area contributed by atoms with Crippen LogP contribution < -0.4 is 10.3 Å². The highest BCUT2D eigenvalue weighted by Crippen LogP contribution is 2.27. The molecule has 0 unspecified atom stereocenters. The molecule has 24 heavy (non-hydrogen) atoms. The highest BCUT2D eigenvalue weighted by Gasteiger charge is 2.19. The number of ether oxygens (including phenoxy) is 1. The average molecular weight is 320 g/mol. The van der Waals surface area contributed by atoms with E-state index in [1.165, 1.54) is 10.2 Å². The zero-order valence-corrected chi connectivity index (χ0v) is 13.4. The topological polar surface area (TPSA) is 57.3 Å². The van der Waals surface area contributed by atoms with Gasteiger partial charge < -0.3 is 9.15 Å². The molecule has 0 amide bonds. The molecule has 2 aliphatic heterocycles. The zero-order chi connectivity index (χ0) is 16.7.